The number of hydrogen-bond donors (Lipinski definition) is 2. The number of nitrogens with one attached hydrogen (secondary N) is 2. The Kier molecular flexibility index (Phi) is 8.80. The molecule has 2 N–H and O–H groups in total. The van der Waals surface area contributed by atoms with E-state index in [1.807, 2.05) is 4.57 Å². The molecule has 0 spiro atoms. The van der Waals surface area contributed by atoms with Crippen LogP contribution in [-0.2, 0) is 17.9 Å². The minimum absolute atomic E-state index is 0.00251. The van der Waals surface area contributed by atoms with E-state index in [-0.39, 0.29) is 35.2 Å². The number of nitrogens with zero attached hydrogens (tertiary/aromatic N) is 3. The molecule has 1 aromatic heterocycles. The molecule has 10 heteroatoms. The summed E-state index contributed by atoms with van der Waals surface area (Å²) in [7, 11) is 0. The molecule has 1 aliphatic rings. The predicted molar refractivity (Wildman–Crippen MR) is 124 cm³/mol. The van der Waals surface area contributed by atoms with Gasteiger partial charge in [0.2, 0.25) is 5.91 Å². The van der Waals surface area contributed by atoms with Gasteiger partial charge in [0.25, 0.3) is 5.91 Å². The lowest BCUT2D eigenvalue weighted by Gasteiger charge is -2.22. The second-order valence-corrected chi connectivity index (χ2v) is 9.08. The second-order valence-electron chi connectivity index (χ2n) is 7.30. The van der Waals surface area contributed by atoms with Crippen molar-refractivity contribution in [3.05, 3.63) is 52.3 Å². The number of thioether (sulfide) groups is 1. The van der Waals surface area contributed by atoms with Crippen LogP contribution in [0.1, 0.15) is 48.3 Å². The van der Waals surface area contributed by atoms with Crippen LogP contribution >= 0.6 is 35.0 Å². The first-order valence-electron chi connectivity index (χ1n) is 10.2. The molecule has 0 radical (unpaired) electrons. The van der Waals surface area contributed by atoms with Crippen LogP contribution in [0, 0.1) is 0 Å². The van der Waals surface area contributed by atoms with Crippen molar-refractivity contribution in [1.29, 1.82) is 0 Å². The van der Waals surface area contributed by atoms with Crippen molar-refractivity contribution in [2.45, 2.75) is 56.4 Å². The third-order valence-corrected chi connectivity index (χ3v) is 6.51. The van der Waals surface area contributed by atoms with E-state index in [0.717, 1.165) is 12.8 Å². The maximum Gasteiger partial charge on any atom is 0.253 e. The Morgan fingerprint density at radius 1 is 1.23 bits per heavy atom. The molecular weight excluding hydrogens is 457 g/mol. The summed E-state index contributed by atoms with van der Waals surface area (Å²) in [5.41, 5.74) is 0.329. The summed E-state index contributed by atoms with van der Waals surface area (Å²) in [6, 6.07) is 4.97. The number of halogens is 2. The molecule has 3 rings (SSSR count). The van der Waals surface area contributed by atoms with Crippen molar-refractivity contribution in [3.63, 3.8) is 0 Å². The highest BCUT2D eigenvalue weighted by Crippen LogP contribution is 2.22. The van der Waals surface area contributed by atoms with Crippen LogP contribution in [0.4, 0.5) is 0 Å². The highest BCUT2D eigenvalue weighted by molar-refractivity contribution is 7.99. The molecule has 0 atom stereocenters. The Balaban J connectivity index is 1.58. The van der Waals surface area contributed by atoms with E-state index in [1.165, 1.54) is 37.1 Å². The number of aromatic nitrogens is 3. The summed E-state index contributed by atoms with van der Waals surface area (Å²) in [5.74, 6) is 0.486. The molecule has 1 saturated carbocycles. The third kappa shape index (κ3) is 6.72. The zero-order chi connectivity index (χ0) is 22.2. The molecule has 7 nitrogen and oxygen atoms in total. The molecular formula is C21H25Cl2N5O2S. The van der Waals surface area contributed by atoms with Gasteiger partial charge in [-0.2, -0.15) is 0 Å². The minimum atomic E-state index is -0.337. The van der Waals surface area contributed by atoms with Crippen molar-refractivity contribution in [2.24, 2.45) is 0 Å². The second kappa shape index (κ2) is 11.5. The Morgan fingerprint density at radius 2 is 2.00 bits per heavy atom. The van der Waals surface area contributed by atoms with Crippen molar-refractivity contribution in [2.75, 3.05) is 5.75 Å². The van der Waals surface area contributed by atoms with Crippen LogP contribution < -0.4 is 10.6 Å². The van der Waals surface area contributed by atoms with Gasteiger partial charge in [-0.15, -0.1) is 16.8 Å². The maximum atomic E-state index is 12.5. The van der Waals surface area contributed by atoms with Gasteiger partial charge in [0.15, 0.2) is 11.0 Å². The zero-order valence-electron chi connectivity index (χ0n) is 17.1. The number of carbonyl (C=O) groups is 2. The van der Waals surface area contributed by atoms with Gasteiger partial charge in [-0.25, -0.2) is 0 Å². The highest BCUT2D eigenvalue weighted by atomic mass is 35.5. The van der Waals surface area contributed by atoms with E-state index < -0.39 is 0 Å². The van der Waals surface area contributed by atoms with Crippen LogP contribution in [-0.4, -0.2) is 38.4 Å². The molecule has 1 aliphatic carbocycles. The number of allylic oxidation sites excluding steroid dienone is 1. The number of rotatable bonds is 9. The summed E-state index contributed by atoms with van der Waals surface area (Å²) < 4.78 is 1.83. The van der Waals surface area contributed by atoms with E-state index in [2.05, 4.69) is 27.4 Å². The number of amides is 2. The van der Waals surface area contributed by atoms with Gasteiger partial charge in [0.1, 0.15) is 0 Å². The van der Waals surface area contributed by atoms with Gasteiger partial charge >= 0.3 is 0 Å². The van der Waals surface area contributed by atoms with Gasteiger partial charge in [-0.1, -0.05) is 60.3 Å². The van der Waals surface area contributed by atoms with Gasteiger partial charge in [0, 0.05) is 17.6 Å². The van der Waals surface area contributed by atoms with Crippen molar-refractivity contribution in [3.8, 4) is 0 Å². The lowest BCUT2D eigenvalue weighted by Crippen LogP contribution is -2.37. The summed E-state index contributed by atoms with van der Waals surface area (Å²) in [6.07, 6.45) is 7.39. The van der Waals surface area contributed by atoms with Crippen LogP contribution in [0.2, 0.25) is 10.0 Å². The van der Waals surface area contributed by atoms with Crippen LogP contribution in [0.15, 0.2) is 36.0 Å². The highest BCUT2D eigenvalue weighted by Gasteiger charge is 2.18. The van der Waals surface area contributed by atoms with Crippen LogP contribution in [0.5, 0.6) is 0 Å². The predicted octanol–water partition coefficient (Wildman–Crippen LogP) is 4.24. The van der Waals surface area contributed by atoms with E-state index in [0.29, 0.717) is 28.1 Å². The molecule has 166 valence electrons. The fraction of sp³-hybridized carbons (Fsp3) is 0.429. The maximum absolute atomic E-state index is 12.5. The van der Waals surface area contributed by atoms with E-state index in [1.54, 1.807) is 18.2 Å². The zero-order valence-corrected chi connectivity index (χ0v) is 19.4. The Hall–Kier alpha value is -2.03. The van der Waals surface area contributed by atoms with E-state index in [4.69, 9.17) is 23.2 Å². The molecule has 0 aliphatic heterocycles. The summed E-state index contributed by atoms with van der Waals surface area (Å²) in [4.78, 5) is 24.8. The molecule has 1 heterocycles. The quantitative estimate of drug-likeness (QED) is 0.412. The first-order chi connectivity index (χ1) is 15.0. The Morgan fingerprint density at radius 3 is 2.71 bits per heavy atom. The standard InChI is InChI=1S/C21H25Cl2N5O2S/c1-2-10-28-18(12-24-20(30)16-9-8-14(22)11-17(16)23)26-27-21(28)31-13-19(29)25-15-6-4-3-5-7-15/h2,8-9,11,15H,1,3-7,10,12-13H2,(H,24,30)(H,25,29). The molecule has 1 fully saturated rings. The lowest BCUT2D eigenvalue weighted by atomic mass is 9.95. The van der Waals surface area contributed by atoms with Gasteiger partial charge in [0.05, 0.1) is 22.9 Å². The topological polar surface area (TPSA) is 88.9 Å². The molecule has 31 heavy (non-hydrogen) atoms. The third-order valence-electron chi connectivity index (χ3n) is 4.99. The first kappa shape index (κ1) is 23.6. The van der Waals surface area contributed by atoms with E-state index >= 15 is 0 Å². The minimum Gasteiger partial charge on any atom is -0.353 e. The van der Waals surface area contributed by atoms with Crippen molar-refractivity contribution in [1.82, 2.24) is 25.4 Å². The lowest BCUT2D eigenvalue weighted by molar-refractivity contribution is -0.119. The van der Waals surface area contributed by atoms with Gasteiger partial charge in [-0.3, -0.25) is 9.59 Å². The molecule has 0 bridgehead atoms. The SMILES string of the molecule is C=CCn1c(CNC(=O)c2ccc(Cl)cc2Cl)nnc1SCC(=O)NC1CCCCC1. The fourth-order valence-electron chi connectivity index (χ4n) is 3.44. The normalized spacial score (nSPS) is 14.3. The number of carbonyl (C=O) groups excluding carboxylic acids is 2. The molecule has 0 unspecified atom stereocenters. The summed E-state index contributed by atoms with van der Waals surface area (Å²) in [6.45, 7) is 4.40. The fourth-order valence-corrected chi connectivity index (χ4v) is 4.72. The van der Waals surface area contributed by atoms with Gasteiger partial charge < -0.3 is 15.2 Å². The number of benzene rings is 1. The summed E-state index contributed by atoms with van der Waals surface area (Å²) >= 11 is 13.3. The smallest absolute Gasteiger partial charge is 0.253 e. The summed E-state index contributed by atoms with van der Waals surface area (Å²) in [5, 5.41) is 15.6. The number of hydrogen-bond acceptors (Lipinski definition) is 5. The molecule has 2 amide bonds. The molecule has 0 saturated heterocycles. The van der Waals surface area contributed by atoms with Crippen LogP contribution in [0.3, 0.4) is 0 Å². The monoisotopic (exact) mass is 481 g/mol. The van der Waals surface area contributed by atoms with Crippen molar-refractivity contribution < 1.29 is 9.59 Å². The largest absolute Gasteiger partial charge is 0.353 e. The van der Waals surface area contributed by atoms with E-state index in [9.17, 15) is 9.59 Å². The first-order valence-corrected chi connectivity index (χ1v) is 11.9. The van der Waals surface area contributed by atoms with Crippen molar-refractivity contribution >= 4 is 46.8 Å². The molecule has 1 aromatic carbocycles. The Labute approximate surface area is 196 Å². The molecule has 2 aromatic rings. The average Bonchev–Trinajstić information content (AvgIpc) is 3.13. The van der Waals surface area contributed by atoms with Crippen LogP contribution in [0.25, 0.3) is 0 Å². The average molecular weight is 482 g/mol. The van der Waals surface area contributed by atoms with Gasteiger partial charge in [-0.05, 0) is 31.0 Å². The Bertz CT molecular complexity index is 944.